The number of alkyl halides is 2. The molecule has 8 heteroatoms. The van der Waals surface area contributed by atoms with Crippen LogP contribution in [0.4, 0.5) is 8.78 Å². The number of halogens is 2. The Kier molecular flexibility index (Phi) is 3.55. The Labute approximate surface area is 106 Å². The van der Waals surface area contributed by atoms with E-state index in [0.717, 1.165) is 16.8 Å². The van der Waals surface area contributed by atoms with Crippen LogP contribution < -0.4 is 11.2 Å². The van der Waals surface area contributed by atoms with Gasteiger partial charge in [0.25, 0.3) is 5.56 Å². The van der Waals surface area contributed by atoms with Crippen molar-refractivity contribution in [2.75, 3.05) is 13.3 Å². The van der Waals surface area contributed by atoms with E-state index in [1.807, 2.05) is 4.98 Å². The molecule has 2 N–H and O–H groups in total. The zero-order valence-corrected chi connectivity index (χ0v) is 10.2. The van der Waals surface area contributed by atoms with Crippen molar-refractivity contribution >= 4 is 0 Å². The van der Waals surface area contributed by atoms with Gasteiger partial charge in [-0.3, -0.25) is 14.3 Å². The summed E-state index contributed by atoms with van der Waals surface area (Å²) in [6.45, 7) is -0.365. The Balaban J connectivity index is 2.42. The average molecular weight is 276 g/mol. The molecule has 1 aliphatic heterocycles. The van der Waals surface area contributed by atoms with Crippen molar-refractivity contribution in [2.24, 2.45) is 5.92 Å². The summed E-state index contributed by atoms with van der Waals surface area (Å²) in [5.41, 5.74) is -3.14. The van der Waals surface area contributed by atoms with Gasteiger partial charge in [0.1, 0.15) is 12.3 Å². The van der Waals surface area contributed by atoms with Crippen LogP contribution in [0.5, 0.6) is 0 Å². The first-order valence-electron chi connectivity index (χ1n) is 5.75. The Morgan fingerprint density at radius 3 is 2.74 bits per heavy atom. The molecule has 1 aromatic heterocycles. The maximum atomic E-state index is 14.2. The lowest BCUT2D eigenvalue weighted by Gasteiger charge is -2.27. The summed E-state index contributed by atoms with van der Waals surface area (Å²) >= 11 is 0. The van der Waals surface area contributed by atoms with E-state index in [1.165, 1.54) is 6.92 Å². The van der Waals surface area contributed by atoms with Crippen LogP contribution in [0.25, 0.3) is 0 Å². The molecule has 6 nitrogen and oxygen atoms in total. The average Bonchev–Trinajstić information content (AvgIpc) is 2.64. The number of nitrogens with zero attached hydrogens (tertiary/aromatic N) is 1. The first-order valence-corrected chi connectivity index (χ1v) is 5.75. The van der Waals surface area contributed by atoms with Gasteiger partial charge in [-0.2, -0.15) is 0 Å². The third-order valence-corrected chi connectivity index (χ3v) is 3.55. The van der Waals surface area contributed by atoms with Crippen molar-refractivity contribution in [2.45, 2.75) is 24.9 Å². The lowest BCUT2D eigenvalue weighted by Crippen LogP contribution is -2.42. The largest absolute Gasteiger partial charge is 0.393 e. The molecule has 1 aliphatic rings. The van der Waals surface area contributed by atoms with E-state index in [9.17, 15) is 23.5 Å². The van der Waals surface area contributed by atoms with Crippen LogP contribution in [0.2, 0.25) is 0 Å². The monoisotopic (exact) mass is 276 g/mol. The molecule has 0 bridgehead atoms. The van der Waals surface area contributed by atoms with Gasteiger partial charge in [-0.1, -0.05) is 6.92 Å². The maximum Gasteiger partial charge on any atom is 0.330 e. The number of nitrogens with one attached hydrogen (secondary N) is 1. The minimum absolute atomic E-state index is 0.624. The van der Waals surface area contributed by atoms with Crippen LogP contribution in [0.3, 0.4) is 0 Å². The Hall–Kier alpha value is -1.54. The SMILES string of the molecule is C[C@H]1[C@@H](F)[C@H](n2ccc(=O)[nH]c2=O)O[C@@]1(CO)CF. The lowest BCUT2D eigenvalue weighted by atomic mass is 9.89. The highest BCUT2D eigenvalue weighted by molar-refractivity contribution is 4.99. The van der Waals surface area contributed by atoms with Gasteiger partial charge in [0, 0.05) is 18.2 Å². The number of aromatic amines is 1. The van der Waals surface area contributed by atoms with Gasteiger partial charge >= 0.3 is 5.69 Å². The van der Waals surface area contributed by atoms with Crippen molar-refractivity contribution in [1.82, 2.24) is 9.55 Å². The van der Waals surface area contributed by atoms with E-state index >= 15 is 0 Å². The van der Waals surface area contributed by atoms with Crippen LogP contribution in [0.1, 0.15) is 13.2 Å². The Morgan fingerprint density at radius 1 is 1.58 bits per heavy atom. The smallest absolute Gasteiger partial charge is 0.330 e. The number of aliphatic hydroxyl groups excluding tert-OH is 1. The van der Waals surface area contributed by atoms with Crippen molar-refractivity contribution < 1.29 is 18.6 Å². The molecule has 4 atom stereocenters. The molecule has 0 amide bonds. The van der Waals surface area contributed by atoms with E-state index in [-0.39, 0.29) is 0 Å². The molecule has 2 heterocycles. The normalized spacial score (nSPS) is 34.6. The van der Waals surface area contributed by atoms with E-state index in [4.69, 9.17) is 4.74 Å². The van der Waals surface area contributed by atoms with Crippen LogP contribution in [0, 0.1) is 5.92 Å². The molecule has 0 spiro atoms. The molecular weight excluding hydrogens is 262 g/mol. The van der Waals surface area contributed by atoms with Gasteiger partial charge in [-0.05, 0) is 0 Å². The number of hydrogen-bond acceptors (Lipinski definition) is 4. The topological polar surface area (TPSA) is 84.3 Å². The number of H-pyrrole nitrogens is 1. The van der Waals surface area contributed by atoms with Crippen LogP contribution in [0.15, 0.2) is 21.9 Å². The summed E-state index contributed by atoms with van der Waals surface area (Å²) in [6.07, 6.45) is -1.97. The Bertz CT molecular complexity index is 566. The maximum absolute atomic E-state index is 14.2. The third-order valence-electron chi connectivity index (χ3n) is 3.55. The number of ether oxygens (including phenoxy) is 1. The van der Waals surface area contributed by atoms with Gasteiger partial charge in [-0.15, -0.1) is 0 Å². The molecule has 2 rings (SSSR count). The molecule has 0 aliphatic carbocycles. The predicted octanol–water partition coefficient (Wildman–Crippen LogP) is -0.260. The predicted molar refractivity (Wildman–Crippen MR) is 61.3 cm³/mol. The summed E-state index contributed by atoms with van der Waals surface area (Å²) in [5, 5.41) is 9.21. The van der Waals surface area contributed by atoms with Crippen molar-refractivity contribution in [3.05, 3.63) is 33.1 Å². The van der Waals surface area contributed by atoms with E-state index in [0.29, 0.717) is 0 Å². The quantitative estimate of drug-likeness (QED) is 0.796. The first-order chi connectivity index (χ1) is 8.95. The zero-order valence-electron chi connectivity index (χ0n) is 10.2. The van der Waals surface area contributed by atoms with Gasteiger partial charge in [0.05, 0.1) is 6.61 Å². The van der Waals surface area contributed by atoms with Gasteiger partial charge in [0.15, 0.2) is 12.4 Å². The zero-order chi connectivity index (χ0) is 14.2. The second-order valence-corrected chi connectivity index (χ2v) is 4.62. The summed E-state index contributed by atoms with van der Waals surface area (Å²) < 4.78 is 33.3. The van der Waals surface area contributed by atoms with Crippen LogP contribution in [-0.2, 0) is 4.74 Å². The van der Waals surface area contributed by atoms with Gasteiger partial charge in [-0.25, -0.2) is 13.6 Å². The molecule has 0 saturated carbocycles. The Morgan fingerprint density at radius 2 is 2.26 bits per heavy atom. The van der Waals surface area contributed by atoms with Crippen molar-refractivity contribution in [1.29, 1.82) is 0 Å². The number of rotatable bonds is 3. The fraction of sp³-hybridized carbons (Fsp3) is 0.636. The molecule has 19 heavy (non-hydrogen) atoms. The molecule has 0 aromatic carbocycles. The summed E-state index contributed by atoms with van der Waals surface area (Å²) in [6, 6.07) is 1.04. The molecule has 0 unspecified atom stereocenters. The van der Waals surface area contributed by atoms with Crippen LogP contribution in [-0.4, -0.2) is 39.7 Å². The molecule has 1 aromatic rings. The lowest BCUT2D eigenvalue weighted by molar-refractivity contribution is -0.123. The number of aliphatic hydroxyl groups is 1. The standard InChI is InChI=1S/C11H14F2N2O4/c1-6-8(13)9(19-11(6,4-12)5-16)15-3-2-7(17)14-10(15)18/h2-3,6,8-9,16H,4-5H2,1H3,(H,14,17,18)/t6-,8+,9+,11+/m0/s1. The third kappa shape index (κ3) is 2.10. The van der Waals surface area contributed by atoms with Crippen molar-refractivity contribution in [3.8, 4) is 0 Å². The summed E-state index contributed by atoms with van der Waals surface area (Å²) in [5.74, 6) is -0.925. The molecule has 106 valence electrons. The molecule has 1 fully saturated rings. The minimum Gasteiger partial charge on any atom is -0.393 e. The van der Waals surface area contributed by atoms with Gasteiger partial charge in [0.2, 0.25) is 0 Å². The van der Waals surface area contributed by atoms with E-state index in [2.05, 4.69) is 0 Å². The second-order valence-electron chi connectivity index (χ2n) is 4.62. The second kappa shape index (κ2) is 4.86. The highest BCUT2D eigenvalue weighted by Crippen LogP contribution is 2.42. The number of hydrogen-bond donors (Lipinski definition) is 2. The highest BCUT2D eigenvalue weighted by atomic mass is 19.1. The molecule has 1 saturated heterocycles. The van der Waals surface area contributed by atoms with Crippen molar-refractivity contribution in [3.63, 3.8) is 0 Å². The van der Waals surface area contributed by atoms with Crippen LogP contribution >= 0.6 is 0 Å². The molecule has 0 radical (unpaired) electrons. The fourth-order valence-electron chi connectivity index (χ4n) is 2.16. The number of aromatic nitrogens is 2. The van der Waals surface area contributed by atoms with E-state index in [1.54, 1.807) is 0 Å². The summed E-state index contributed by atoms with van der Waals surface area (Å²) in [7, 11) is 0. The summed E-state index contributed by atoms with van der Waals surface area (Å²) in [4.78, 5) is 24.5. The molecular formula is C11H14F2N2O4. The van der Waals surface area contributed by atoms with Gasteiger partial charge < -0.3 is 9.84 Å². The fourth-order valence-corrected chi connectivity index (χ4v) is 2.16. The van der Waals surface area contributed by atoms with E-state index < -0.39 is 48.4 Å². The minimum atomic E-state index is -1.67. The first kappa shape index (κ1) is 13.9. The highest BCUT2D eigenvalue weighted by Gasteiger charge is 2.54.